The second-order valence-electron chi connectivity index (χ2n) is 11.2. The highest BCUT2D eigenvalue weighted by Crippen LogP contribution is 2.46. The minimum Gasteiger partial charge on any atom is -0.478 e. The molecule has 6 rings (SSSR count). The molecule has 0 spiro atoms. The number of aryl methyl sites for hydroxylation is 1. The molecule has 1 aliphatic carbocycles. The van der Waals surface area contributed by atoms with Crippen LogP contribution in [0.1, 0.15) is 72.6 Å². The van der Waals surface area contributed by atoms with Gasteiger partial charge in [-0.25, -0.2) is 9.48 Å². The van der Waals surface area contributed by atoms with E-state index in [2.05, 4.69) is 42.5 Å². The number of hydrogen-bond donors (Lipinski definition) is 1. The molecule has 216 valence electrons. The zero-order chi connectivity index (χ0) is 29.2. The lowest BCUT2D eigenvalue weighted by atomic mass is 9.72. The summed E-state index contributed by atoms with van der Waals surface area (Å²) in [5.74, 6) is -1.07. The fourth-order valence-electron chi connectivity index (χ4n) is 6.12. The summed E-state index contributed by atoms with van der Waals surface area (Å²) in [4.78, 5) is 12.3. The molecular weight excluding hydrogens is 547 g/mol. The minimum atomic E-state index is -0.981. The van der Waals surface area contributed by atoms with Gasteiger partial charge in [0.1, 0.15) is 0 Å². The van der Waals surface area contributed by atoms with Crippen molar-refractivity contribution in [1.82, 2.24) is 9.78 Å². The number of aliphatic carboxylic acids is 1. The van der Waals surface area contributed by atoms with Gasteiger partial charge in [-0.05, 0) is 121 Å². The van der Waals surface area contributed by atoms with Gasteiger partial charge in [0.05, 0.1) is 10.9 Å². The Bertz CT molecular complexity index is 1680. The normalized spacial score (nSPS) is 18.3. The van der Waals surface area contributed by atoms with Gasteiger partial charge < -0.3 is 9.84 Å². The van der Waals surface area contributed by atoms with E-state index in [9.17, 15) is 4.79 Å². The lowest BCUT2D eigenvalue weighted by Gasteiger charge is -2.32. The number of benzene rings is 3. The van der Waals surface area contributed by atoms with Gasteiger partial charge in [-0.2, -0.15) is 4.39 Å². The van der Waals surface area contributed by atoms with Crippen LogP contribution < -0.4 is 0 Å². The number of carbonyl (C=O) groups is 1. The van der Waals surface area contributed by atoms with Crippen LogP contribution in [0.3, 0.4) is 0 Å². The van der Waals surface area contributed by atoms with Gasteiger partial charge >= 0.3 is 5.97 Å². The summed E-state index contributed by atoms with van der Waals surface area (Å²) in [6.07, 6.45) is 10.9. The van der Waals surface area contributed by atoms with Gasteiger partial charge in [-0.15, -0.1) is 16.9 Å². The summed E-state index contributed by atoms with van der Waals surface area (Å²) >= 11 is 1.73. The van der Waals surface area contributed by atoms with Gasteiger partial charge in [-0.1, -0.05) is 42.8 Å². The maximum atomic E-state index is 15.5. The second-order valence-corrected chi connectivity index (χ2v) is 12.1. The van der Waals surface area contributed by atoms with Gasteiger partial charge in [0.2, 0.25) is 5.95 Å². The third kappa shape index (κ3) is 5.68. The zero-order valence-electron chi connectivity index (χ0n) is 24.0. The van der Waals surface area contributed by atoms with E-state index in [1.54, 1.807) is 22.5 Å². The van der Waals surface area contributed by atoms with Gasteiger partial charge in [0.15, 0.2) is 6.23 Å². The quantitative estimate of drug-likeness (QED) is 0.128. The summed E-state index contributed by atoms with van der Waals surface area (Å²) in [7, 11) is 0. The average molecular weight is 583 g/mol. The SMILES string of the molecule is CSc1ccc(C(=C(c2ccc(C=CC(=O)O)cc2)c2ccc3c(c2)c(F)nn3C2CCCCO2)C2CCC2)c(C)c1. The van der Waals surface area contributed by atoms with Gasteiger partial charge in [0, 0.05) is 17.6 Å². The molecule has 0 amide bonds. The van der Waals surface area contributed by atoms with Crippen LogP contribution >= 0.6 is 11.8 Å². The lowest BCUT2D eigenvalue weighted by Crippen LogP contribution is -2.19. The largest absolute Gasteiger partial charge is 0.478 e. The van der Waals surface area contributed by atoms with Crippen LogP contribution in [0.5, 0.6) is 0 Å². The molecule has 42 heavy (non-hydrogen) atoms. The molecule has 1 aromatic heterocycles. The van der Waals surface area contributed by atoms with Crippen molar-refractivity contribution < 1.29 is 19.0 Å². The van der Waals surface area contributed by atoms with Crippen molar-refractivity contribution in [1.29, 1.82) is 0 Å². The number of aromatic nitrogens is 2. The topological polar surface area (TPSA) is 64.3 Å². The van der Waals surface area contributed by atoms with E-state index < -0.39 is 11.9 Å². The molecule has 1 atom stereocenters. The molecule has 1 saturated heterocycles. The van der Waals surface area contributed by atoms with E-state index >= 15 is 4.39 Å². The highest BCUT2D eigenvalue weighted by atomic mass is 32.2. The van der Waals surface area contributed by atoms with E-state index in [-0.39, 0.29) is 6.23 Å². The maximum Gasteiger partial charge on any atom is 0.328 e. The average Bonchev–Trinajstić information content (AvgIpc) is 3.31. The van der Waals surface area contributed by atoms with Crippen molar-refractivity contribution in [3.05, 3.63) is 101 Å². The number of nitrogens with zero attached hydrogens (tertiary/aromatic N) is 2. The number of halogens is 1. The molecule has 5 nitrogen and oxygen atoms in total. The summed E-state index contributed by atoms with van der Waals surface area (Å²) in [6, 6.07) is 20.6. The summed E-state index contributed by atoms with van der Waals surface area (Å²) in [5, 5.41) is 13.8. The Balaban J connectivity index is 1.55. The van der Waals surface area contributed by atoms with E-state index in [1.807, 2.05) is 36.4 Å². The van der Waals surface area contributed by atoms with Crippen LogP contribution in [0.15, 0.2) is 71.6 Å². The number of allylic oxidation sites excluding steroid dienone is 1. The molecule has 0 bridgehead atoms. The van der Waals surface area contributed by atoms with E-state index in [1.165, 1.54) is 28.0 Å². The number of fused-ring (bicyclic) bond motifs is 1. The Morgan fingerprint density at radius 2 is 1.81 bits per heavy atom. The van der Waals surface area contributed by atoms with Gasteiger partial charge in [0.25, 0.3) is 0 Å². The first-order valence-electron chi connectivity index (χ1n) is 14.6. The number of thioether (sulfide) groups is 1. The van der Waals surface area contributed by atoms with Crippen molar-refractivity contribution in [2.24, 2.45) is 5.92 Å². The van der Waals surface area contributed by atoms with Crippen molar-refractivity contribution in [2.45, 2.75) is 56.6 Å². The Kier molecular flexibility index (Phi) is 8.31. The molecule has 2 heterocycles. The van der Waals surface area contributed by atoms with Crippen LogP contribution in [0.25, 0.3) is 28.1 Å². The Labute approximate surface area is 250 Å². The molecule has 1 N–H and O–H groups in total. The Morgan fingerprint density at radius 1 is 1.02 bits per heavy atom. The van der Waals surface area contributed by atoms with E-state index in [4.69, 9.17) is 9.84 Å². The first-order chi connectivity index (χ1) is 20.4. The first-order valence-corrected chi connectivity index (χ1v) is 15.9. The second kappa shape index (κ2) is 12.3. The molecule has 0 radical (unpaired) electrons. The highest BCUT2D eigenvalue weighted by Gasteiger charge is 2.29. The molecular formula is C35H35FN2O3S. The molecule has 1 unspecified atom stereocenters. The fourth-order valence-corrected chi connectivity index (χ4v) is 6.62. The Morgan fingerprint density at radius 3 is 2.45 bits per heavy atom. The van der Waals surface area contributed by atoms with Crippen LogP contribution in [0, 0.1) is 18.8 Å². The van der Waals surface area contributed by atoms with E-state index in [0.717, 1.165) is 66.0 Å². The molecule has 3 aromatic carbocycles. The third-order valence-corrected chi connectivity index (χ3v) is 9.23. The highest BCUT2D eigenvalue weighted by molar-refractivity contribution is 7.98. The summed E-state index contributed by atoms with van der Waals surface area (Å²) < 4.78 is 23.1. The van der Waals surface area contributed by atoms with Gasteiger partial charge in [-0.3, -0.25) is 0 Å². The molecule has 4 aromatic rings. The van der Waals surface area contributed by atoms with Crippen LogP contribution in [-0.4, -0.2) is 33.7 Å². The monoisotopic (exact) mass is 582 g/mol. The summed E-state index contributed by atoms with van der Waals surface area (Å²) in [6.45, 7) is 2.83. The Hall–Kier alpha value is -3.68. The van der Waals surface area contributed by atoms with Crippen molar-refractivity contribution in [3.8, 4) is 0 Å². The van der Waals surface area contributed by atoms with E-state index in [0.29, 0.717) is 17.9 Å². The number of carboxylic acids is 1. The molecule has 2 fully saturated rings. The number of ether oxygens (including phenoxy) is 1. The van der Waals surface area contributed by atoms with Crippen LogP contribution in [0.2, 0.25) is 0 Å². The molecule has 1 saturated carbocycles. The third-order valence-electron chi connectivity index (χ3n) is 8.50. The maximum absolute atomic E-state index is 15.5. The molecule has 2 aliphatic rings. The predicted octanol–water partition coefficient (Wildman–Crippen LogP) is 8.76. The lowest BCUT2D eigenvalue weighted by molar-refractivity contribution is -0.131. The zero-order valence-corrected chi connectivity index (χ0v) is 24.8. The number of carboxylic acid groups (broad SMARTS) is 1. The number of rotatable bonds is 8. The minimum absolute atomic E-state index is 0.249. The van der Waals surface area contributed by atoms with Crippen LogP contribution in [-0.2, 0) is 9.53 Å². The predicted molar refractivity (Wildman–Crippen MR) is 168 cm³/mol. The fraction of sp³-hybridized carbons (Fsp3) is 0.314. The summed E-state index contributed by atoms with van der Waals surface area (Å²) in [5.41, 5.74) is 8.30. The van der Waals surface area contributed by atoms with Crippen molar-refractivity contribution >= 4 is 45.9 Å². The smallest absolute Gasteiger partial charge is 0.328 e. The molecule has 1 aliphatic heterocycles. The van der Waals surface area contributed by atoms with Crippen LogP contribution in [0.4, 0.5) is 4.39 Å². The van der Waals surface area contributed by atoms with Crippen molar-refractivity contribution in [3.63, 3.8) is 0 Å². The number of hydrogen-bond acceptors (Lipinski definition) is 4. The molecule has 7 heteroatoms. The standard InChI is InChI=1S/C35H35FN2O3S/c1-22-20-27(42-2)15-16-28(22)34(24-6-5-7-24)33(25-12-9-23(10-13-25)11-18-32(39)40)26-14-17-30-29(21-26)35(36)37-38(30)31-8-3-4-19-41-31/h9-18,20-21,24,31H,3-8,19H2,1-2H3,(H,39,40). The van der Waals surface area contributed by atoms with Crippen molar-refractivity contribution in [2.75, 3.05) is 12.9 Å². The first kappa shape index (κ1) is 28.4.